The highest BCUT2D eigenvalue weighted by atomic mass is 32.2. The molecule has 5 aromatic rings. The standard InChI is InChI=1S/C41H60O3Si.C33H51F3O4SSi/c1-14-41(15-2,35-22-23-36(30(4)26-35)33-18-16-17-31(27-33)28-38(42)43-11)34-21-19-32(29(3)25-34)20-24-37(39(5,6)7)44-45(12,13)40(8,9)10;1-13-32(14-2,27-18-19-28(24(4)22-27)39-41(37,38)33(34,35)36)26-17-15-25(23(3)21-26)16-20-29(30(5,6)7)40-42(11,12)31(8,9)10/h16-19,21-23,25-27,37H,14-15,20,24,28H2,1-13H3;15,17-19,21-22,29H,13-14,16,20H2,1-12H3. The van der Waals surface area contributed by atoms with Crippen LogP contribution >= 0.6 is 0 Å². The normalized spacial score (nSPS) is 14.1. The first-order valence-electron chi connectivity index (χ1n) is 31.7. The second-order valence-electron chi connectivity index (χ2n) is 29.9. The molecule has 484 valence electrons. The zero-order valence-corrected chi connectivity index (χ0v) is 61.0. The van der Waals surface area contributed by atoms with Crippen LogP contribution in [-0.2, 0) is 58.6 Å². The number of benzene rings is 5. The quantitative estimate of drug-likeness (QED) is 0.0279. The summed E-state index contributed by atoms with van der Waals surface area (Å²) in [6.07, 6.45) is 8.09. The topological polar surface area (TPSA) is 88.1 Å². The predicted octanol–water partition coefficient (Wildman–Crippen LogP) is 21.2. The summed E-state index contributed by atoms with van der Waals surface area (Å²) in [5.41, 5.74) is 9.07. The molecule has 0 aromatic heterocycles. The lowest BCUT2D eigenvalue weighted by molar-refractivity contribution is -0.139. The Labute approximate surface area is 528 Å². The molecule has 5 rings (SSSR count). The van der Waals surface area contributed by atoms with Gasteiger partial charge in [0.1, 0.15) is 5.75 Å². The molecule has 0 spiro atoms. The van der Waals surface area contributed by atoms with Crippen LogP contribution in [0, 0.1) is 38.5 Å². The van der Waals surface area contributed by atoms with Crippen molar-refractivity contribution in [2.45, 2.75) is 261 Å². The van der Waals surface area contributed by atoms with Gasteiger partial charge in [-0.2, -0.15) is 21.6 Å². The molecule has 0 amide bonds. The highest BCUT2D eigenvalue weighted by Crippen LogP contribution is 2.46. The third kappa shape index (κ3) is 18.3. The van der Waals surface area contributed by atoms with Crippen LogP contribution in [-0.4, -0.2) is 55.8 Å². The fourth-order valence-corrected chi connectivity index (χ4v) is 15.2. The third-order valence-electron chi connectivity index (χ3n) is 19.8. The Morgan fingerprint density at radius 3 is 1.23 bits per heavy atom. The lowest BCUT2D eigenvalue weighted by Crippen LogP contribution is -2.47. The van der Waals surface area contributed by atoms with E-state index < -0.39 is 37.7 Å². The number of hydrogen-bond donors (Lipinski definition) is 0. The van der Waals surface area contributed by atoms with Gasteiger partial charge in [-0.25, -0.2) is 0 Å². The van der Waals surface area contributed by atoms with Crippen LogP contribution in [0.25, 0.3) is 11.1 Å². The van der Waals surface area contributed by atoms with Crippen LogP contribution in [0.2, 0.25) is 36.3 Å². The summed E-state index contributed by atoms with van der Waals surface area (Å²) in [5, 5.41) is 0.329. The van der Waals surface area contributed by atoms with E-state index in [2.05, 4.69) is 229 Å². The molecule has 0 aliphatic carbocycles. The van der Waals surface area contributed by atoms with Gasteiger partial charge >= 0.3 is 21.6 Å². The summed E-state index contributed by atoms with van der Waals surface area (Å²) >= 11 is 0. The average Bonchev–Trinajstić information content (AvgIpc) is 0.886. The van der Waals surface area contributed by atoms with Crippen LogP contribution in [0.3, 0.4) is 0 Å². The second kappa shape index (κ2) is 28.7. The van der Waals surface area contributed by atoms with E-state index in [1.807, 2.05) is 12.1 Å². The van der Waals surface area contributed by atoms with Crippen LogP contribution in [0.5, 0.6) is 5.75 Å². The van der Waals surface area contributed by atoms with Crippen molar-refractivity contribution in [3.05, 3.63) is 158 Å². The number of rotatable bonds is 23. The first kappa shape index (κ1) is 74.9. The number of methoxy groups -OCH3 is 1. The lowest BCUT2D eigenvalue weighted by Gasteiger charge is -2.43. The highest BCUT2D eigenvalue weighted by Gasteiger charge is 2.49. The molecule has 0 aliphatic rings. The molecule has 87 heavy (non-hydrogen) atoms. The average molecular weight is 1260 g/mol. The van der Waals surface area contributed by atoms with Gasteiger partial charge in [0.15, 0.2) is 16.6 Å². The number of carbonyl (C=O) groups is 1. The fourth-order valence-electron chi connectivity index (χ4n) is 11.6. The Kier molecular flexibility index (Phi) is 24.8. The Morgan fingerprint density at radius 1 is 0.517 bits per heavy atom. The summed E-state index contributed by atoms with van der Waals surface area (Å²) in [6.45, 7) is 53.8. The molecule has 0 saturated carbocycles. The molecular formula is C74H111F3O7SSi2. The SMILES string of the molecule is CCC(CC)(c1ccc(CCC(O[Si](C)(C)C(C)(C)C)C(C)(C)C)c(C)c1)c1ccc(-c2cccc(CC(=O)OC)c2)c(C)c1.CCC(CC)(c1ccc(CCC(O[Si](C)(C)C(C)(C)C)C(C)(C)C)c(C)c1)c1ccc(OS(=O)(=O)C(F)(F)F)c(C)c1. The molecule has 13 heteroatoms. The molecule has 0 N–H and O–H groups in total. The number of ether oxygens (including phenoxy) is 1. The van der Waals surface area contributed by atoms with Gasteiger partial charge < -0.3 is 17.8 Å². The second-order valence-corrected chi connectivity index (χ2v) is 40.9. The summed E-state index contributed by atoms with van der Waals surface area (Å²) < 4.78 is 85.0. The van der Waals surface area contributed by atoms with Crippen molar-refractivity contribution in [1.82, 2.24) is 0 Å². The van der Waals surface area contributed by atoms with Crippen molar-refractivity contribution in [2.75, 3.05) is 7.11 Å². The summed E-state index contributed by atoms with van der Waals surface area (Å²) in [5.74, 6) is -0.540. The van der Waals surface area contributed by atoms with Gasteiger partial charge in [-0.3, -0.25) is 4.79 Å². The Bertz CT molecular complexity index is 3220. The van der Waals surface area contributed by atoms with Gasteiger partial charge in [0, 0.05) is 10.8 Å². The minimum absolute atomic E-state index is 0.0100. The number of carbonyl (C=O) groups excluding carboxylic acids is 1. The van der Waals surface area contributed by atoms with E-state index >= 15 is 0 Å². The minimum Gasteiger partial charge on any atom is -0.469 e. The Hall–Kier alpha value is -4.54. The van der Waals surface area contributed by atoms with Crippen LogP contribution < -0.4 is 4.18 Å². The van der Waals surface area contributed by atoms with Crippen LogP contribution in [0.4, 0.5) is 13.2 Å². The summed E-state index contributed by atoms with van der Waals surface area (Å²) in [4.78, 5) is 11.9. The van der Waals surface area contributed by atoms with Crippen LogP contribution in [0.15, 0.2) is 97.1 Å². The van der Waals surface area contributed by atoms with E-state index in [-0.39, 0.29) is 56.7 Å². The molecule has 0 saturated heterocycles. The first-order valence-corrected chi connectivity index (χ1v) is 39.0. The minimum atomic E-state index is -5.74. The van der Waals surface area contributed by atoms with Crippen LogP contribution in [0.1, 0.15) is 211 Å². The Balaban J connectivity index is 0.000000373. The molecule has 7 nitrogen and oxygen atoms in total. The van der Waals surface area contributed by atoms with E-state index in [1.54, 1.807) is 19.1 Å². The summed E-state index contributed by atoms with van der Waals surface area (Å²) in [6, 6.07) is 33.7. The monoisotopic (exact) mass is 1260 g/mol. The first-order chi connectivity index (χ1) is 39.8. The maximum absolute atomic E-state index is 12.9. The molecule has 0 heterocycles. The van der Waals surface area contributed by atoms with Crippen molar-refractivity contribution in [1.29, 1.82) is 0 Å². The van der Waals surface area contributed by atoms with Crippen molar-refractivity contribution >= 4 is 32.7 Å². The Morgan fingerprint density at radius 2 is 0.897 bits per heavy atom. The zero-order valence-electron chi connectivity index (χ0n) is 58.2. The van der Waals surface area contributed by atoms with Gasteiger partial charge in [-0.05, 0) is 205 Å². The maximum atomic E-state index is 12.9. The molecule has 0 bridgehead atoms. The van der Waals surface area contributed by atoms with Crippen molar-refractivity contribution < 1.29 is 44.2 Å². The maximum Gasteiger partial charge on any atom is 0.534 e. The third-order valence-corrected chi connectivity index (χ3v) is 29.7. The molecule has 5 aromatic carbocycles. The van der Waals surface area contributed by atoms with E-state index in [0.717, 1.165) is 73.6 Å². The number of esters is 1. The van der Waals surface area contributed by atoms with Crippen molar-refractivity contribution in [2.24, 2.45) is 10.8 Å². The smallest absolute Gasteiger partial charge is 0.469 e. The predicted molar refractivity (Wildman–Crippen MR) is 364 cm³/mol. The van der Waals surface area contributed by atoms with E-state index in [1.165, 1.54) is 57.7 Å². The number of hydrogen-bond acceptors (Lipinski definition) is 7. The van der Waals surface area contributed by atoms with E-state index in [0.29, 0.717) is 5.56 Å². The van der Waals surface area contributed by atoms with E-state index in [4.69, 9.17) is 13.6 Å². The van der Waals surface area contributed by atoms with E-state index in [9.17, 15) is 26.4 Å². The van der Waals surface area contributed by atoms with Gasteiger partial charge in [-0.15, -0.1) is 0 Å². The molecule has 2 atom stereocenters. The zero-order chi connectivity index (χ0) is 66.3. The lowest BCUT2D eigenvalue weighted by atomic mass is 9.69. The van der Waals surface area contributed by atoms with Gasteiger partial charge in [0.05, 0.1) is 25.7 Å². The molecule has 0 aliphatic heterocycles. The molecule has 0 fully saturated rings. The highest BCUT2D eigenvalue weighted by molar-refractivity contribution is 7.88. The van der Waals surface area contributed by atoms with Gasteiger partial charge in [0.25, 0.3) is 0 Å². The molecule has 2 unspecified atom stereocenters. The molecular weight excluding hydrogens is 1150 g/mol. The molecule has 0 radical (unpaired) electrons. The number of aryl methyl sites for hydroxylation is 6. The summed E-state index contributed by atoms with van der Waals surface area (Å²) in [7, 11) is -8.12. The fraction of sp³-hybridized carbons (Fsp3) is 0.581. The van der Waals surface area contributed by atoms with Gasteiger partial charge in [-0.1, -0.05) is 202 Å². The number of alkyl halides is 3. The largest absolute Gasteiger partial charge is 0.534 e. The van der Waals surface area contributed by atoms with Crippen molar-refractivity contribution in [3.63, 3.8) is 0 Å². The number of halogens is 3. The van der Waals surface area contributed by atoms with Crippen molar-refractivity contribution in [3.8, 4) is 16.9 Å². The van der Waals surface area contributed by atoms with Gasteiger partial charge in [0.2, 0.25) is 0 Å².